The van der Waals surface area contributed by atoms with Gasteiger partial charge in [0.25, 0.3) is 0 Å². The number of nitrogens with one attached hydrogen (secondary N) is 1. The van der Waals surface area contributed by atoms with E-state index in [4.69, 9.17) is 10.2 Å². The van der Waals surface area contributed by atoms with Gasteiger partial charge in [0.2, 0.25) is 10.0 Å². The zero-order valence-corrected chi connectivity index (χ0v) is 12.0. The van der Waals surface area contributed by atoms with E-state index in [1.807, 2.05) is 0 Å². The minimum absolute atomic E-state index is 0.0630. The van der Waals surface area contributed by atoms with Crippen molar-refractivity contribution >= 4 is 16.0 Å². The van der Waals surface area contributed by atoms with Gasteiger partial charge in [-0.15, -0.1) is 0 Å². The number of halogens is 2. The third-order valence-corrected chi connectivity index (χ3v) is 4.13. The van der Waals surface area contributed by atoms with E-state index in [0.29, 0.717) is 25.0 Å². The molecule has 118 valence electrons. The van der Waals surface area contributed by atoms with E-state index in [1.165, 1.54) is 6.92 Å². The Labute approximate surface area is 120 Å². The summed E-state index contributed by atoms with van der Waals surface area (Å²) in [7, 11) is -4.30. The zero-order chi connectivity index (χ0) is 16.2. The molecule has 21 heavy (non-hydrogen) atoms. The van der Waals surface area contributed by atoms with Crippen LogP contribution < -0.4 is 4.72 Å². The molecule has 0 aliphatic rings. The first-order valence-corrected chi connectivity index (χ1v) is 7.54. The van der Waals surface area contributed by atoms with Crippen molar-refractivity contribution in [1.29, 1.82) is 0 Å². The molecule has 1 aromatic carbocycles. The van der Waals surface area contributed by atoms with E-state index in [2.05, 4.69) is 4.72 Å². The van der Waals surface area contributed by atoms with Crippen molar-refractivity contribution in [2.24, 2.45) is 0 Å². The van der Waals surface area contributed by atoms with Crippen molar-refractivity contribution in [2.45, 2.75) is 30.8 Å². The summed E-state index contributed by atoms with van der Waals surface area (Å²) in [5, 5.41) is 17.7. The largest absolute Gasteiger partial charge is 0.477 e. The molecule has 0 fully saturated rings. The maximum Gasteiger partial charge on any atom is 0.341 e. The number of carboxylic acid groups (broad SMARTS) is 1. The predicted molar refractivity (Wildman–Crippen MR) is 69.4 cm³/mol. The van der Waals surface area contributed by atoms with Gasteiger partial charge < -0.3 is 10.2 Å². The number of hydrogen-bond acceptors (Lipinski definition) is 4. The lowest BCUT2D eigenvalue weighted by molar-refractivity contribution is 0.0685. The fourth-order valence-electron chi connectivity index (χ4n) is 1.62. The Kier molecular flexibility index (Phi) is 5.76. The van der Waals surface area contributed by atoms with Crippen molar-refractivity contribution in [3.05, 3.63) is 29.3 Å². The molecule has 0 bridgehead atoms. The molecule has 0 saturated heterocycles. The normalized spacial score (nSPS) is 13.1. The number of aromatic carboxylic acids is 1. The van der Waals surface area contributed by atoms with E-state index in [-0.39, 0.29) is 6.54 Å². The first kappa shape index (κ1) is 17.5. The number of carbonyl (C=O) groups is 1. The van der Waals surface area contributed by atoms with Gasteiger partial charge >= 0.3 is 5.97 Å². The minimum Gasteiger partial charge on any atom is -0.477 e. The van der Waals surface area contributed by atoms with Gasteiger partial charge in [-0.1, -0.05) is 0 Å². The highest BCUT2D eigenvalue weighted by molar-refractivity contribution is 7.89. The molecule has 1 atom stereocenters. The lowest BCUT2D eigenvalue weighted by atomic mass is 10.2. The highest BCUT2D eigenvalue weighted by atomic mass is 32.2. The van der Waals surface area contributed by atoms with Crippen LogP contribution in [0.5, 0.6) is 0 Å². The quantitative estimate of drug-likeness (QED) is 0.652. The summed E-state index contributed by atoms with van der Waals surface area (Å²) in [6.45, 7) is 1.47. The molecule has 6 nitrogen and oxygen atoms in total. The van der Waals surface area contributed by atoms with Crippen LogP contribution in [0.4, 0.5) is 8.78 Å². The fourth-order valence-corrected chi connectivity index (χ4v) is 2.77. The maximum absolute atomic E-state index is 13.8. The van der Waals surface area contributed by atoms with Crippen LogP contribution in [0.1, 0.15) is 30.1 Å². The molecule has 0 amide bonds. The molecule has 0 saturated carbocycles. The summed E-state index contributed by atoms with van der Waals surface area (Å²) in [4.78, 5) is 9.80. The van der Waals surface area contributed by atoms with Crippen LogP contribution in [0.3, 0.4) is 0 Å². The molecular weight excluding hydrogens is 308 g/mol. The van der Waals surface area contributed by atoms with E-state index in [1.54, 1.807) is 0 Å². The van der Waals surface area contributed by atoms with Gasteiger partial charge in [-0.3, -0.25) is 0 Å². The average molecular weight is 323 g/mol. The molecule has 0 radical (unpaired) electrons. The number of sulfonamides is 1. The second kappa shape index (κ2) is 6.92. The number of hydrogen-bond donors (Lipinski definition) is 3. The highest BCUT2D eigenvalue weighted by Gasteiger charge is 2.26. The molecule has 0 aliphatic heterocycles. The molecule has 0 spiro atoms. The standard InChI is InChI=1S/C12H15F2NO5S/c1-7(16)3-2-6-15-21(19,20)9-5-4-8(13)10(11(9)14)12(17)18/h4-5,7,15-16H,2-3,6H2,1H3,(H,17,18). The molecule has 0 aliphatic carbocycles. The van der Waals surface area contributed by atoms with Gasteiger partial charge in [0, 0.05) is 6.54 Å². The minimum atomic E-state index is -4.30. The highest BCUT2D eigenvalue weighted by Crippen LogP contribution is 2.21. The summed E-state index contributed by atoms with van der Waals surface area (Å²) in [6.07, 6.45) is 0.0518. The summed E-state index contributed by atoms with van der Waals surface area (Å²) in [6, 6.07) is 1.24. The molecule has 1 unspecified atom stereocenters. The maximum atomic E-state index is 13.8. The van der Waals surface area contributed by atoms with Gasteiger partial charge in [-0.25, -0.2) is 26.7 Å². The molecule has 1 aromatic rings. The van der Waals surface area contributed by atoms with Gasteiger partial charge in [0.1, 0.15) is 16.3 Å². The SMILES string of the molecule is CC(O)CCCNS(=O)(=O)c1ccc(F)c(C(=O)O)c1F. The Hall–Kier alpha value is -1.58. The first-order chi connectivity index (χ1) is 9.66. The number of aliphatic hydroxyl groups excluding tert-OH is 1. The van der Waals surface area contributed by atoms with Gasteiger partial charge in [0.15, 0.2) is 5.82 Å². The average Bonchev–Trinajstić information content (AvgIpc) is 2.33. The van der Waals surface area contributed by atoms with Crippen molar-refractivity contribution in [1.82, 2.24) is 4.72 Å². The van der Waals surface area contributed by atoms with Crippen LogP contribution in [-0.4, -0.2) is 37.2 Å². The van der Waals surface area contributed by atoms with Crippen molar-refractivity contribution in [2.75, 3.05) is 6.54 Å². The van der Waals surface area contributed by atoms with Crippen LogP contribution in [0.25, 0.3) is 0 Å². The topological polar surface area (TPSA) is 104 Å². The Bertz CT molecular complexity index is 631. The molecule has 1 rings (SSSR count). The molecule has 9 heteroatoms. The lowest BCUT2D eigenvalue weighted by Crippen LogP contribution is -2.27. The Morgan fingerprint density at radius 1 is 1.38 bits per heavy atom. The third kappa shape index (κ3) is 4.45. The first-order valence-electron chi connectivity index (χ1n) is 6.06. The summed E-state index contributed by atoms with van der Waals surface area (Å²) in [5.41, 5.74) is -1.32. The van der Waals surface area contributed by atoms with Crippen molar-refractivity contribution in [3.63, 3.8) is 0 Å². The van der Waals surface area contributed by atoms with E-state index in [9.17, 15) is 22.0 Å². The number of aliphatic hydroxyl groups is 1. The summed E-state index contributed by atoms with van der Waals surface area (Å²) >= 11 is 0. The number of benzene rings is 1. The van der Waals surface area contributed by atoms with Crippen LogP contribution in [-0.2, 0) is 10.0 Å². The third-order valence-electron chi connectivity index (χ3n) is 2.65. The van der Waals surface area contributed by atoms with Crippen molar-refractivity contribution < 1.29 is 32.2 Å². The van der Waals surface area contributed by atoms with E-state index in [0.717, 1.165) is 0 Å². The molecule has 0 heterocycles. The number of carboxylic acids is 1. The van der Waals surface area contributed by atoms with Crippen LogP contribution in [0, 0.1) is 11.6 Å². The second-order valence-electron chi connectivity index (χ2n) is 4.43. The molecule has 3 N–H and O–H groups in total. The summed E-state index contributed by atoms with van der Waals surface area (Å²) in [5.74, 6) is -4.89. The number of rotatable bonds is 7. The zero-order valence-electron chi connectivity index (χ0n) is 11.1. The Morgan fingerprint density at radius 3 is 2.52 bits per heavy atom. The van der Waals surface area contributed by atoms with Gasteiger partial charge in [0.05, 0.1) is 6.10 Å². The molecule has 0 aromatic heterocycles. The lowest BCUT2D eigenvalue weighted by Gasteiger charge is -2.10. The van der Waals surface area contributed by atoms with E-state index >= 15 is 0 Å². The smallest absolute Gasteiger partial charge is 0.341 e. The van der Waals surface area contributed by atoms with Gasteiger partial charge in [-0.05, 0) is 31.9 Å². The monoisotopic (exact) mass is 323 g/mol. The van der Waals surface area contributed by atoms with Crippen LogP contribution >= 0.6 is 0 Å². The predicted octanol–water partition coefficient (Wildman–Crippen LogP) is 1.10. The summed E-state index contributed by atoms with van der Waals surface area (Å²) < 4.78 is 52.8. The van der Waals surface area contributed by atoms with Crippen LogP contribution in [0.2, 0.25) is 0 Å². The Balaban J connectivity index is 2.99. The molecular formula is C12H15F2NO5S. The Morgan fingerprint density at radius 2 is 2.00 bits per heavy atom. The second-order valence-corrected chi connectivity index (χ2v) is 6.16. The van der Waals surface area contributed by atoms with Gasteiger partial charge in [-0.2, -0.15) is 0 Å². The fraction of sp³-hybridized carbons (Fsp3) is 0.417. The van der Waals surface area contributed by atoms with Crippen LogP contribution in [0.15, 0.2) is 17.0 Å². The van der Waals surface area contributed by atoms with E-state index < -0.39 is 44.2 Å². The van der Waals surface area contributed by atoms with Crippen molar-refractivity contribution in [3.8, 4) is 0 Å².